The second-order valence-electron chi connectivity index (χ2n) is 6.53. The summed E-state index contributed by atoms with van der Waals surface area (Å²) in [6.45, 7) is 0. The average molecular weight is 500 g/mol. The summed E-state index contributed by atoms with van der Waals surface area (Å²) in [6.07, 6.45) is 0.354. The first-order valence-corrected chi connectivity index (χ1v) is 10.9. The fraction of sp³-hybridized carbons (Fsp3) is 0.0476. The molecular formula is C21H12BrClN4O2S. The topological polar surface area (TPSA) is 73.3 Å². The number of furan rings is 1. The monoisotopic (exact) mass is 498 g/mol. The van der Waals surface area contributed by atoms with E-state index in [2.05, 4.69) is 31.2 Å². The minimum atomic E-state index is -0.294. The van der Waals surface area contributed by atoms with E-state index in [9.17, 15) is 4.79 Å². The number of rotatable bonds is 4. The van der Waals surface area contributed by atoms with Gasteiger partial charge in [-0.25, -0.2) is 0 Å². The van der Waals surface area contributed by atoms with E-state index in [1.165, 1.54) is 15.9 Å². The average Bonchev–Trinajstić information content (AvgIpc) is 3.40. The third kappa shape index (κ3) is 3.69. The van der Waals surface area contributed by atoms with Crippen molar-refractivity contribution in [2.24, 2.45) is 0 Å². The van der Waals surface area contributed by atoms with Gasteiger partial charge in [0.05, 0.1) is 0 Å². The molecule has 0 atom stereocenters. The van der Waals surface area contributed by atoms with Gasteiger partial charge in [0, 0.05) is 21.5 Å². The van der Waals surface area contributed by atoms with Crippen molar-refractivity contribution < 1.29 is 4.42 Å². The highest BCUT2D eigenvalue weighted by Gasteiger charge is 2.16. The number of benzene rings is 2. The van der Waals surface area contributed by atoms with E-state index in [4.69, 9.17) is 16.0 Å². The number of fused-ring (bicyclic) bond motifs is 1. The summed E-state index contributed by atoms with van der Waals surface area (Å²) >= 11 is 10.6. The fourth-order valence-corrected chi connectivity index (χ4v) is 4.16. The Hall–Kier alpha value is -2.81. The second-order valence-corrected chi connectivity index (χ2v) is 8.84. The molecule has 0 radical (unpaired) electrons. The molecule has 6 nitrogen and oxygen atoms in total. The summed E-state index contributed by atoms with van der Waals surface area (Å²) in [7, 11) is 0. The molecule has 0 aliphatic heterocycles. The molecule has 0 spiro atoms. The summed E-state index contributed by atoms with van der Waals surface area (Å²) in [5.74, 6) is 1.29. The number of nitrogens with zero attached hydrogens (tertiary/aromatic N) is 4. The standard InChI is InChI=1S/C21H12BrClN4O2S/c22-14-5-3-13(4-6-14)17-9-10-18(29-17)19-26-27-20(28)16(24-25-21(27)30-19)11-12-1-7-15(23)8-2-12/h1-10H,11H2. The maximum atomic E-state index is 12.8. The molecule has 9 heteroatoms. The van der Waals surface area contributed by atoms with Gasteiger partial charge >= 0.3 is 0 Å². The van der Waals surface area contributed by atoms with Crippen LogP contribution in [0.25, 0.3) is 27.1 Å². The van der Waals surface area contributed by atoms with Crippen LogP contribution in [-0.4, -0.2) is 19.8 Å². The van der Waals surface area contributed by atoms with E-state index in [1.807, 2.05) is 48.5 Å². The third-order valence-electron chi connectivity index (χ3n) is 4.49. The Morgan fingerprint density at radius 1 is 0.967 bits per heavy atom. The van der Waals surface area contributed by atoms with E-state index in [0.29, 0.717) is 32.9 Å². The van der Waals surface area contributed by atoms with Gasteiger partial charge in [0.25, 0.3) is 5.56 Å². The zero-order chi connectivity index (χ0) is 20.7. The molecule has 0 bridgehead atoms. The Morgan fingerprint density at radius 3 is 2.47 bits per heavy atom. The van der Waals surface area contributed by atoms with Crippen LogP contribution in [0.15, 0.2) is 74.3 Å². The van der Waals surface area contributed by atoms with Crippen molar-refractivity contribution in [3.05, 3.63) is 91.8 Å². The third-order valence-corrected chi connectivity index (χ3v) is 6.18. The fourth-order valence-electron chi connectivity index (χ4n) is 2.98. The predicted molar refractivity (Wildman–Crippen MR) is 120 cm³/mol. The quantitative estimate of drug-likeness (QED) is 0.327. The van der Waals surface area contributed by atoms with Gasteiger partial charge in [0.15, 0.2) is 10.8 Å². The lowest BCUT2D eigenvalue weighted by Gasteiger charge is -2.00. The van der Waals surface area contributed by atoms with Crippen LogP contribution in [0, 0.1) is 0 Å². The van der Waals surface area contributed by atoms with Crippen LogP contribution in [0.4, 0.5) is 0 Å². The maximum absolute atomic E-state index is 12.8. The molecule has 30 heavy (non-hydrogen) atoms. The number of halogens is 2. The highest BCUT2D eigenvalue weighted by Crippen LogP contribution is 2.31. The first-order valence-electron chi connectivity index (χ1n) is 8.93. The Balaban J connectivity index is 1.48. The molecule has 0 aliphatic rings. The summed E-state index contributed by atoms with van der Waals surface area (Å²) in [5, 5.41) is 13.9. The first kappa shape index (κ1) is 19.2. The molecule has 0 saturated carbocycles. The zero-order valence-electron chi connectivity index (χ0n) is 15.3. The van der Waals surface area contributed by atoms with E-state index in [1.54, 1.807) is 12.1 Å². The Labute approximate surface area is 187 Å². The minimum Gasteiger partial charge on any atom is -0.454 e. The lowest BCUT2D eigenvalue weighted by Crippen LogP contribution is -2.22. The van der Waals surface area contributed by atoms with E-state index < -0.39 is 0 Å². The molecule has 0 N–H and O–H groups in total. The Kier molecular flexibility index (Phi) is 4.98. The maximum Gasteiger partial charge on any atom is 0.297 e. The number of aromatic nitrogens is 4. The van der Waals surface area contributed by atoms with Crippen molar-refractivity contribution in [3.63, 3.8) is 0 Å². The van der Waals surface area contributed by atoms with Gasteiger partial charge < -0.3 is 4.42 Å². The molecule has 0 aliphatic carbocycles. The van der Waals surface area contributed by atoms with Gasteiger partial charge in [-0.1, -0.05) is 63.1 Å². The SMILES string of the molecule is O=c1c(Cc2ccc(Cl)cc2)nnc2sc(-c3ccc(-c4ccc(Br)cc4)o3)nn12. The molecule has 2 aromatic carbocycles. The van der Waals surface area contributed by atoms with Crippen LogP contribution in [0.2, 0.25) is 5.02 Å². The van der Waals surface area contributed by atoms with Crippen molar-refractivity contribution >= 4 is 43.8 Å². The molecule has 0 saturated heterocycles. The lowest BCUT2D eigenvalue weighted by molar-refractivity contribution is 0.595. The van der Waals surface area contributed by atoms with Gasteiger partial charge in [0.1, 0.15) is 11.5 Å². The molecule has 5 aromatic rings. The lowest BCUT2D eigenvalue weighted by atomic mass is 10.1. The molecule has 3 aromatic heterocycles. The Bertz CT molecular complexity index is 1410. The summed E-state index contributed by atoms with van der Waals surface area (Å²) in [4.78, 5) is 13.3. The summed E-state index contributed by atoms with van der Waals surface area (Å²) < 4.78 is 8.23. The van der Waals surface area contributed by atoms with E-state index >= 15 is 0 Å². The van der Waals surface area contributed by atoms with Crippen molar-refractivity contribution in [3.8, 4) is 22.1 Å². The van der Waals surface area contributed by atoms with Gasteiger partial charge in [-0.3, -0.25) is 4.79 Å². The van der Waals surface area contributed by atoms with Crippen molar-refractivity contribution in [1.82, 2.24) is 19.8 Å². The van der Waals surface area contributed by atoms with Crippen LogP contribution in [-0.2, 0) is 6.42 Å². The molecule has 0 fully saturated rings. The van der Waals surface area contributed by atoms with Crippen molar-refractivity contribution in [2.75, 3.05) is 0 Å². The van der Waals surface area contributed by atoms with Gasteiger partial charge in [0.2, 0.25) is 4.96 Å². The molecule has 0 amide bonds. The molecule has 0 unspecified atom stereocenters. The summed E-state index contributed by atoms with van der Waals surface area (Å²) in [6, 6.07) is 18.8. The molecule has 5 rings (SSSR count). The zero-order valence-corrected chi connectivity index (χ0v) is 18.4. The number of hydrogen-bond acceptors (Lipinski definition) is 6. The summed E-state index contributed by atoms with van der Waals surface area (Å²) in [5.41, 5.74) is 1.90. The largest absolute Gasteiger partial charge is 0.454 e. The van der Waals surface area contributed by atoms with Crippen LogP contribution in [0.5, 0.6) is 0 Å². The van der Waals surface area contributed by atoms with E-state index in [-0.39, 0.29) is 5.56 Å². The predicted octanol–water partition coefficient (Wildman–Crippen LogP) is 5.48. The highest BCUT2D eigenvalue weighted by atomic mass is 79.9. The van der Waals surface area contributed by atoms with Crippen molar-refractivity contribution in [2.45, 2.75) is 6.42 Å². The van der Waals surface area contributed by atoms with Crippen LogP contribution in [0.3, 0.4) is 0 Å². The Morgan fingerprint density at radius 2 is 1.70 bits per heavy atom. The van der Waals surface area contributed by atoms with Crippen molar-refractivity contribution in [1.29, 1.82) is 0 Å². The number of hydrogen-bond donors (Lipinski definition) is 0. The van der Waals surface area contributed by atoms with Crippen LogP contribution in [0.1, 0.15) is 11.3 Å². The molecule has 3 heterocycles. The highest BCUT2D eigenvalue weighted by molar-refractivity contribution is 9.10. The van der Waals surface area contributed by atoms with E-state index in [0.717, 1.165) is 21.4 Å². The van der Waals surface area contributed by atoms with Gasteiger partial charge in [-0.2, -0.15) is 4.52 Å². The van der Waals surface area contributed by atoms with Gasteiger partial charge in [-0.05, 0) is 42.0 Å². The molecule has 148 valence electrons. The smallest absolute Gasteiger partial charge is 0.297 e. The van der Waals surface area contributed by atoms with Crippen LogP contribution >= 0.6 is 38.9 Å². The molecular weight excluding hydrogens is 488 g/mol. The first-order chi connectivity index (χ1) is 14.6. The van der Waals surface area contributed by atoms with Crippen LogP contribution < -0.4 is 5.56 Å². The normalized spacial score (nSPS) is 11.3. The second kappa shape index (κ2) is 7.79. The minimum absolute atomic E-state index is 0.294. The van der Waals surface area contributed by atoms with Gasteiger partial charge in [-0.15, -0.1) is 15.3 Å².